The Kier molecular flexibility index (Phi) is 6.80. The van der Waals surface area contributed by atoms with E-state index < -0.39 is 0 Å². The topological polar surface area (TPSA) is 44.8 Å². The largest absolute Gasteiger partial charge is 0.490 e. The molecule has 2 aromatic rings. The Morgan fingerprint density at radius 1 is 0.931 bits per heavy atom. The van der Waals surface area contributed by atoms with Gasteiger partial charge in [0.05, 0.1) is 0 Å². The van der Waals surface area contributed by atoms with E-state index >= 15 is 0 Å². The fourth-order valence-corrected chi connectivity index (χ4v) is 4.10. The number of hydrogen-bond donors (Lipinski definition) is 1. The van der Waals surface area contributed by atoms with Gasteiger partial charge in [-0.2, -0.15) is 0 Å². The molecule has 154 valence electrons. The zero-order valence-electron chi connectivity index (χ0n) is 17.1. The van der Waals surface area contributed by atoms with Gasteiger partial charge in [-0.1, -0.05) is 30.3 Å². The number of benzene rings is 2. The third kappa shape index (κ3) is 5.58. The number of likely N-dealkylation sites (tertiary alicyclic amines) is 1. The van der Waals surface area contributed by atoms with Crippen LogP contribution in [0, 0.1) is 0 Å². The number of nitrogens with one attached hydrogen (secondary N) is 1. The first-order valence-corrected chi connectivity index (χ1v) is 10.8. The summed E-state index contributed by atoms with van der Waals surface area (Å²) in [5, 5.41) is 3.28. The van der Waals surface area contributed by atoms with Gasteiger partial charge < -0.3 is 19.9 Å². The van der Waals surface area contributed by atoms with Gasteiger partial charge in [-0.15, -0.1) is 0 Å². The van der Waals surface area contributed by atoms with Crippen molar-refractivity contribution in [3.8, 4) is 5.75 Å². The molecule has 0 radical (unpaired) electrons. The summed E-state index contributed by atoms with van der Waals surface area (Å²) in [6, 6.07) is 18.4. The van der Waals surface area contributed by atoms with Crippen LogP contribution in [0.2, 0.25) is 0 Å². The highest BCUT2D eigenvalue weighted by Crippen LogP contribution is 2.20. The molecule has 2 aromatic carbocycles. The molecule has 2 fully saturated rings. The van der Waals surface area contributed by atoms with Gasteiger partial charge in [0, 0.05) is 51.4 Å². The van der Waals surface area contributed by atoms with Crippen molar-refractivity contribution in [3.05, 3.63) is 65.7 Å². The van der Waals surface area contributed by atoms with Gasteiger partial charge in [0.2, 0.25) is 0 Å². The van der Waals surface area contributed by atoms with Crippen LogP contribution >= 0.6 is 0 Å². The predicted molar refractivity (Wildman–Crippen MR) is 115 cm³/mol. The smallest absolute Gasteiger partial charge is 0.253 e. The minimum atomic E-state index is 0.116. The number of rotatable bonds is 6. The number of piperazine rings is 1. The summed E-state index contributed by atoms with van der Waals surface area (Å²) in [5.41, 5.74) is 2.15. The van der Waals surface area contributed by atoms with E-state index in [-0.39, 0.29) is 12.0 Å². The molecule has 5 nitrogen and oxygen atoms in total. The molecule has 0 spiro atoms. The van der Waals surface area contributed by atoms with Crippen molar-refractivity contribution >= 4 is 5.91 Å². The van der Waals surface area contributed by atoms with Crippen LogP contribution in [0.1, 0.15) is 28.8 Å². The first-order valence-electron chi connectivity index (χ1n) is 10.8. The van der Waals surface area contributed by atoms with Crippen LogP contribution in [0.15, 0.2) is 54.6 Å². The summed E-state index contributed by atoms with van der Waals surface area (Å²) in [7, 11) is 0. The lowest BCUT2D eigenvalue weighted by atomic mass is 10.1. The number of nitrogens with zero attached hydrogens (tertiary/aromatic N) is 2. The second-order valence-corrected chi connectivity index (χ2v) is 7.96. The molecule has 0 saturated carbocycles. The van der Waals surface area contributed by atoms with Crippen molar-refractivity contribution in [2.75, 3.05) is 45.8 Å². The summed E-state index contributed by atoms with van der Waals surface area (Å²) in [4.78, 5) is 17.0. The molecular formula is C24H31N3O2. The minimum absolute atomic E-state index is 0.116. The van der Waals surface area contributed by atoms with E-state index in [1.54, 1.807) is 0 Å². The van der Waals surface area contributed by atoms with Gasteiger partial charge in [-0.25, -0.2) is 0 Å². The van der Waals surface area contributed by atoms with E-state index in [1.807, 2.05) is 29.2 Å². The molecule has 0 aliphatic carbocycles. The summed E-state index contributed by atoms with van der Waals surface area (Å²) in [6.07, 6.45) is 3.47. The molecule has 0 aromatic heterocycles. The highest BCUT2D eigenvalue weighted by molar-refractivity contribution is 5.94. The SMILES string of the molecule is O=C(c1ccc(OC2CCN(CCc3ccccc3)CC2)cc1)N1CCNCC1. The Morgan fingerprint density at radius 2 is 1.62 bits per heavy atom. The van der Waals surface area contributed by atoms with Crippen molar-refractivity contribution in [1.82, 2.24) is 15.1 Å². The van der Waals surface area contributed by atoms with Crippen LogP contribution in [0.4, 0.5) is 0 Å². The minimum Gasteiger partial charge on any atom is -0.490 e. The van der Waals surface area contributed by atoms with Gasteiger partial charge in [-0.3, -0.25) is 4.79 Å². The molecule has 1 amide bonds. The molecule has 0 atom stereocenters. The summed E-state index contributed by atoms with van der Waals surface area (Å²) in [5.74, 6) is 0.981. The van der Waals surface area contributed by atoms with Crippen LogP contribution in [-0.2, 0) is 6.42 Å². The van der Waals surface area contributed by atoms with Gasteiger partial charge in [0.15, 0.2) is 0 Å². The predicted octanol–water partition coefficient (Wildman–Crippen LogP) is 2.82. The molecule has 5 heteroatoms. The number of ether oxygens (including phenoxy) is 1. The standard InChI is InChI=1S/C24H31N3O2/c28-24(27-18-13-25-14-19-27)21-6-8-22(9-7-21)29-23-11-16-26(17-12-23)15-10-20-4-2-1-3-5-20/h1-9,23,25H,10-19H2. The number of carbonyl (C=O) groups excluding carboxylic acids is 1. The average molecular weight is 394 g/mol. The molecule has 2 aliphatic rings. The Labute approximate surface area is 173 Å². The van der Waals surface area contributed by atoms with Gasteiger partial charge in [0.1, 0.15) is 11.9 Å². The maximum atomic E-state index is 12.6. The Balaban J connectivity index is 1.21. The molecule has 1 N–H and O–H groups in total. The molecule has 2 saturated heterocycles. The second-order valence-electron chi connectivity index (χ2n) is 7.96. The van der Waals surface area contributed by atoms with E-state index in [1.165, 1.54) is 5.56 Å². The maximum absolute atomic E-state index is 12.6. The quantitative estimate of drug-likeness (QED) is 0.820. The van der Waals surface area contributed by atoms with E-state index in [0.29, 0.717) is 0 Å². The van der Waals surface area contributed by atoms with Crippen LogP contribution in [0.25, 0.3) is 0 Å². The highest BCUT2D eigenvalue weighted by atomic mass is 16.5. The van der Waals surface area contributed by atoms with Crippen LogP contribution in [0.3, 0.4) is 0 Å². The third-order valence-corrected chi connectivity index (χ3v) is 5.90. The lowest BCUT2D eigenvalue weighted by Gasteiger charge is -2.32. The zero-order valence-corrected chi connectivity index (χ0v) is 17.1. The fourth-order valence-electron chi connectivity index (χ4n) is 4.10. The van der Waals surface area contributed by atoms with Crippen molar-refractivity contribution in [2.24, 2.45) is 0 Å². The highest BCUT2D eigenvalue weighted by Gasteiger charge is 2.21. The molecule has 2 heterocycles. The lowest BCUT2D eigenvalue weighted by Crippen LogP contribution is -2.46. The first-order chi connectivity index (χ1) is 14.3. The number of carbonyl (C=O) groups is 1. The summed E-state index contributed by atoms with van der Waals surface area (Å²) in [6.45, 7) is 6.57. The molecule has 2 aliphatic heterocycles. The lowest BCUT2D eigenvalue weighted by molar-refractivity contribution is 0.0735. The molecule has 0 unspecified atom stereocenters. The van der Waals surface area contributed by atoms with Gasteiger partial charge in [-0.05, 0) is 49.1 Å². The van der Waals surface area contributed by atoms with Crippen molar-refractivity contribution in [2.45, 2.75) is 25.4 Å². The van der Waals surface area contributed by atoms with Crippen molar-refractivity contribution in [3.63, 3.8) is 0 Å². The normalized spacial score (nSPS) is 18.6. The Morgan fingerprint density at radius 3 is 2.31 bits per heavy atom. The number of piperidine rings is 1. The molecule has 29 heavy (non-hydrogen) atoms. The van der Waals surface area contributed by atoms with E-state index in [4.69, 9.17) is 4.74 Å². The van der Waals surface area contributed by atoms with Gasteiger partial charge >= 0.3 is 0 Å². The van der Waals surface area contributed by atoms with Crippen molar-refractivity contribution in [1.29, 1.82) is 0 Å². The summed E-state index contributed by atoms with van der Waals surface area (Å²) >= 11 is 0. The Bertz CT molecular complexity index is 764. The average Bonchev–Trinajstić information content (AvgIpc) is 2.80. The number of amides is 1. The second kappa shape index (κ2) is 9.90. The van der Waals surface area contributed by atoms with Crippen molar-refractivity contribution < 1.29 is 9.53 Å². The summed E-state index contributed by atoms with van der Waals surface area (Å²) < 4.78 is 6.19. The van der Waals surface area contributed by atoms with Crippen LogP contribution in [-0.4, -0.2) is 67.6 Å². The monoisotopic (exact) mass is 393 g/mol. The van der Waals surface area contributed by atoms with Gasteiger partial charge in [0.25, 0.3) is 5.91 Å². The maximum Gasteiger partial charge on any atom is 0.253 e. The molecule has 4 rings (SSSR count). The zero-order chi connectivity index (χ0) is 19.9. The molecular weight excluding hydrogens is 362 g/mol. The number of hydrogen-bond acceptors (Lipinski definition) is 4. The van der Waals surface area contributed by atoms with E-state index in [9.17, 15) is 4.79 Å². The van der Waals surface area contributed by atoms with E-state index in [0.717, 1.165) is 76.4 Å². The van der Waals surface area contributed by atoms with Crippen LogP contribution < -0.4 is 10.1 Å². The third-order valence-electron chi connectivity index (χ3n) is 5.90. The molecule has 0 bridgehead atoms. The fraction of sp³-hybridized carbons (Fsp3) is 0.458. The van der Waals surface area contributed by atoms with E-state index in [2.05, 4.69) is 40.5 Å². The Hall–Kier alpha value is -2.37. The first kappa shape index (κ1) is 19.9. The van der Waals surface area contributed by atoms with Crippen LogP contribution in [0.5, 0.6) is 5.75 Å².